The zero-order valence-corrected chi connectivity index (χ0v) is 28.8. The van der Waals surface area contributed by atoms with Crippen LogP contribution >= 0.6 is 0 Å². The van der Waals surface area contributed by atoms with Crippen LogP contribution in [0.3, 0.4) is 0 Å². The van der Waals surface area contributed by atoms with Gasteiger partial charge in [0.2, 0.25) is 0 Å². The number of carbonyl (C=O) groups excluding carboxylic acids is 6. The number of phenols is 1. The molecule has 2 saturated carbocycles. The van der Waals surface area contributed by atoms with E-state index in [-0.39, 0.29) is 23.5 Å². The molecule has 2 aromatic rings. The van der Waals surface area contributed by atoms with E-state index in [1.165, 1.54) is 13.8 Å². The monoisotopic (exact) mass is 666 g/mol. The zero-order valence-electron chi connectivity index (χ0n) is 28.8. The number of fused-ring (bicyclic) bond motifs is 3. The van der Waals surface area contributed by atoms with E-state index < -0.39 is 81.0 Å². The highest BCUT2D eigenvalue weighted by Gasteiger charge is 2.80. The molecule has 3 unspecified atom stereocenters. The van der Waals surface area contributed by atoms with Gasteiger partial charge in [0, 0.05) is 22.3 Å². The summed E-state index contributed by atoms with van der Waals surface area (Å²) < 4.78 is 0. The van der Waals surface area contributed by atoms with Crippen molar-refractivity contribution >= 4 is 40.3 Å². The molecule has 4 aliphatic rings. The van der Waals surface area contributed by atoms with Crippen molar-refractivity contribution in [1.82, 2.24) is 0 Å². The van der Waals surface area contributed by atoms with Gasteiger partial charge < -0.3 is 15.3 Å². The normalized spacial score (nSPS) is 33.9. The molecule has 0 aromatic heterocycles. The van der Waals surface area contributed by atoms with E-state index in [1.54, 1.807) is 45.9 Å². The van der Waals surface area contributed by atoms with Crippen LogP contribution in [0, 0.1) is 34.5 Å². The Bertz CT molecular complexity index is 1950. The second-order valence-corrected chi connectivity index (χ2v) is 15.2. The Labute approximate surface area is 285 Å². The maximum atomic E-state index is 14.7. The maximum absolute atomic E-state index is 14.7. The summed E-state index contributed by atoms with van der Waals surface area (Å²) in [4.78, 5) is 81.4. The predicted octanol–water partition coefficient (Wildman–Crippen LogP) is 4.78. The summed E-state index contributed by atoms with van der Waals surface area (Å²) in [7, 11) is 0. The van der Waals surface area contributed by atoms with E-state index in [9.17, 15) is 44.1 Å². The average molecular weight is 667 g/mol. The topological polar surface area (TPSA) is 163 Å². The summed E-state index contributed by atoms with van der Waals surface area (Å²) in [5, 5.41) is 36.3. The smallest absolute Gasteiger partial charge is 0.191 e. The number of benzene rings is 2. The molecule has 0 heterocycles. The first-order valence-electron chi connectivity index (χ1n) is 16.8. The summed E-state index contributed by atoms with van der Waals surface area (Å²) in [5.74, 6) is -11.5. The number of aliphatic hydroxyl groups excluding tert-OH is 1. The highest BCUT2D eigenvalue weighted by molar-refractivity contribution is 6.33. The van der Waals surface area contributed by atoms with Crippen molar-refractivity contribution < 1.29 is 44.1 Å². The van der Waals surface area contributed by atoms with Gasteiger partial charge in [-0.15, -0.1) is 0 Å². The summed E-state index contributed by atoms with van der Waals surface area (Å²) in [6.45, 7) is 10.5. The number of aromatic hydroxyl groups is 1. The number of ketones is 6. The molecule has 0 bridgehead atoms. The first-order valence-corrected chi connectivity index (χ1v) is 16.8. The Morgan fingerprint density at radius 1 is 1.00 bits per heavy atom. The molecule has 9 nitrogen and oxygen atoms in total. The Hall–Kier alpha value is -4.34. The maximum Gasteiger partial charge on any atom is 0.191 e. The first-order chi connectivity index (χ1) is 22.8. The van der Waals surface area contributed by atoms with Gasteiger partial charge in [-0.2, -0.15) is 0 Å². The lowest BCUT2D eigenvalue weighted by atomic mass is 9.37. The van der Waals surface area contributed by atoms with E-state index in [0.29, 0.717) is 23.1 Å². The van der Waals surface area contributed by atoms with Crippen LogP contribution in [0.2, 0.25) is 0 Å². The number of phenolic OH excluding ortho intramolecular Hbond substituents is 1. The van der Waals surface area contributed by atoms with Crippen molar-refractivity contribution in [3.63, 3.8) is 0 Å². The third kappa shape index (κ3) is 4.44. The summed E-state index contributed by atoms with van der Waals surface area (Å²) >= 11 is 0. The third-order valence-electron chi connectivity index (χ3n) is 12.3. The molecule has 3 N–H and O–H groups in total. The van der Waals surface area contributed by atoms with Crippen molar-refractivity contribution in [3.8, 4) is 5.75 Å². The van der Waals surface area contributed by atoms with E-state index in [4.69, 9.17) is 0 Å². The second-order valence-electron chi connectivity index (χ2n) is 15.2. The molecule has 256 valence electrons. The van der Waals surface area contributed by atoms with Gasteiger partial charge in [-0.3, -0.25) is 28.8 Å². The van der Waals surface area contributed by atoms with Crippen LogP contribution < -0.4 is 0 Å². The Balaban J connectivity index is 1.42. The van der Waals surface area contributed by atoms with Crippen LogP contribution in [-0.4, -0.2) is 61.7 Å². The molecular weight excluding hydrogens is 624 g/mol. The van der Waals surface area contributed by atoms with Crippen molar-refractivity contribution in [2.75, 3.05) is 0 Å². The molecule has 2 aromatic carbocycles. The Morgan fingerprint density at radius 3 is 2.29 bits per heavy atom. The van der Waals surface area contributed by atoms with Gasteiger partial charge in [-0.05, 0) is 66.9 Å². The summed E-state index contributed by atoms with van der Waals surface area (Å²) in [6.07, 6.45) is 3.15. The molecule has 8 atom stereocenters. The van der Waals surface area contributed by atoms with Crippen LogP contribution in [0.1, 0.15) is 98.2 Å². The number of hydrogen-bond acceptors (Lipinski definition) is 9. The van der Waals surface area contributed by atoms with Gasteiger partial charge in [0.25, 0.3) is 0 Å². The highest BCUT2D eigenvalue weighted by atomic mass is 16.3. The van der Waals surface area contributed by atoms with Gasteiger partial charge in [-0.25, -0.2) is 0 Å². The largest absolute Gasteiger partial charge is 0.507 e. The molecule has 0 aliphatic heterocycles. The van der Waals surface area contributed by atoms with Crippen molar-refractivity contribution in [2.24, 2.45) is 34.5 Å². The van der Waals surface area contributed by atoms with Gasteiger partial charge in [0.05, 0.1) is 17.6 Å². The number of carbonyl (C=O) groups is 6. The van der Waals surface area contributed by atoms with Gasteiger partial charge >= 0.3 is 0 Å². The number of allylic oxidation sites excluding steroid dienone is 4. The molecule has 0 radical (unpaired) electrons. The van der Waals surface area contributed by atoms with Gasteiger partial charge in [0.1, 0.15) is 17.5 Å². The van der Waals surface area contributed by atoms with Crippen molar-refractivity contribution in [2.45, 2.75) is 78.9 Å². The molecule has 49 heavy (non-hydrogen) atoms. The summed E-state index contributed by atoms with van der Waals surface area (Å²) in [5.41, 5.74) is -2.55. The number of Topliss-reactive ketones (excluding diaryl/α,β-unsaturated/α-hetero) is 6. The lowest BCUT2D eigenvalue weighted by Crippen LogP contribution is -2.81. The van der Waals surface area contributed by atoms with Crippen LogP contribution in [0.4, 0.5) is 0 Å². The van der Waals surface area contributed by atoms with Crippen molar-refractivity contribution in [3.05, 3.63) is 81.9 Å². The molecule has 0 saturated heterocycles. The van der Waals surface area contributed by atoms with Crippen LogP contribution in [0.5, 0.6) is 5.75 Å². The van der Waals surface area contributed by atoms with Gasteiger partial charge in [-0.1, -0.05) is 82.7 Å². The Morgan fingerprint density at radius 2 is 1.67 bits per heavy atom. The fraction of sp³-hybridized carbons (Fsp3) is 0.450. The SMILES string of the molecule is CC(=O)c1cccc(C2=CCC(Cc3ccc4c(c3O)C(=O)C3C(=O)[C@@]5(O)C(=O)C(C(C)=O)C(=O)C(C(C)C)[C@@]5(C)[C@H](O)[C@@]3(C)[C@@H]4C)=C2)c1. The number of aliphatic hydroxyl groups is 2. The lowest BCUT2D eigenvalue weighted by molar-refractivity contribution is -0.240. The van der Waals surface area contributed by atoms with Crippen LogP contribution in [0.15, 0.2) is 54.1 Å². The zero-order chi connectivity index (χ0) is 36.1. The highest BCUT2D eigenvalue weighted by Crippen LogP contribution is 2.66. The molecular formula is C40H42O9. The minimum Gasteiger partial charge on any atom is -0.507 e. The number of rotatable bonds is 6. The fourth-order valence-corrected chi connectivity index (χ4v) is 9.61. The molecule has 2 fully saturated rings. The quantitative estimate of drug-likeness (QED) is 0.291. The van der Waals surface area contributed by atoms with E-state index in [2.05, 4.69) is 0 Å². The predicted molar refractivity (Wildman–Crippen MR) is 180 cm³/mol. The fourth-order valence-electron chi connectivity index (χ4n) is 9.61. The minimum absolute atomic E-state index is 0.0425. The molecule has 0 amide bonds. The number of hydrogen-bond donors (Lipinski definition) is 3. The minimum atomic E-state index is -3.01. The molecule has 9 heteroatoms. The third-order valence-corrected chi connectivity index (χ3v) is 12.3. The Kier molecular flexibility index (Phi) is 8.00. The van der Waals surface area contributed by atoms with E-state index >= 15 is 0 Å². The average Bonchev–Trinajstić information content (AvgIpc) is 3.51. The van der Waals surface area contributed by atoms with E-state index in [0.717, 1.165) is 23.6 Å². The molecule has 4 aliphatic carbocycles. The van der Waals surface area contributed by atoms with Gasteiger partial charge in [0.15, 0.2) is 34.5 Å². The molecule has 0 spiro atoms. The summed E-state index contributed by atoms with van der Waals surface area (Å²) in [6, 6.07) is 10.7. The standard InChI is InChI=1S/C40H42O9/c1-18(2)30-33(44)28(21(5)42)35(46)40(49)36(47)31-34(45)29-27(19(3)38(31,6)37(48)39(30,40)7)14-13-26(32(29)43)16-22-11-12-25(15-22)24-10-8-9-23(17-24)20(4)41/h8-10,12-15,17-19,28,30-31,37,43,48-49H,11,16H2,1-7H3/t19-,28?,30?,31?,37-,38+,39+,40+/m1/s1. The second kappa shape index (κ2) is 11.4. The van der Waals surface area contributed by atoms with Crippen LogP contribution in [0.25, 0.3) is 5.57 Å². The van der Waals surface area contributed by atoms with Crippen molar-refractivity contribution in [1.29, 1.82) is 0 Å². The van der Waals surface area contributed by atoms with Crippen LogP contribution in [-0.2, 0) is 25.6 Å². The first kappa shape index (κ1) is 34.5. The lowest BCUT2D eigenvalue weighted by Gasteiger charge is -2.65. The van der Waals surface area contributed by atoms with E-state index in [1.807, 2.05) is 30.4 Å². The molecule has 6 rings (SSSR count).